The molecule has 8 heteroatoms. The van der Waals surface area contributed by atoms with E-state index in [1.807, 2.05) is 19.1 Å². The molecule has 0 spiro atoms. The van der Waals surface area contributed by atoms with Gasteiger partial charge in [-0.2, -0.15) is 4.31 Å². The van der Waals surface area contributed by atoms with Gasteiger partial charge in [0, 0.05) is 18.1 Å². The summed E-state index contributed by atoms with van der Waals surface area (Å²) >= 11 is 6.83. The summed E-state index contributed by atoms with van der Waals surface area (Å²) in [5.74, 6) is 0. The molecule has 0 bridgehead atoms. The van der Waals surface area contributed by atoms with Gasteiger partial charge in [0.1, 0.15) is 0 Å². The summed E-state index contributed by atoms with van der Waals surface area (Å²) in [5.41, 5.74) is 6.88. The van der Waals surface area contributed by atoms with Crippen LogP contribution >= 0.6 is 22.9 Å². The van der Waals surface area contributed by atoms with Gasteiger partial charge in [0.05, 0.1) is 5.69 Å². The van der Waals surface area contributed by atoms with Crippen molar-refractivity contribution in [3.05, 3.63) is 40.5 Å². The van der Waals surface area contributed by atoms with E-state index in [4.69, 9.17) is 17.3 Å². The fourth-order valence-electron chi connectivity index (χ4n) is 1.93. The van der Waals surface area contributed by atoms with Crippen LogP contribution < -0.4 is 5.73 Å². The third-order valence-corrected chi connectivity index (χ3v) is 7.04. The number of anilines is 1. The molecule has 1 aromatic carbocycles. The first-order chi connectivity index (χ1) is 9.73. The third kappa shape index (κ3) is 3.21. The number of sulfonamides is 1. The Balaban J connectivity index is 2.36. The number of nitrogen functional groups attached to an aromatic ring is 1. The number of aromatic nitrogens is 1. The molecule has 1 heterocycles. The molecule has 0 aliphatic carbocycles. The fourth-order valence-corrected chi connectivity index (χ4v) is 4.87. The molecule has 1 atom stereocenters. The highest BCUT2D eigenvalue weighted by Gasteiger charge is 2.30. The number of rotatable bonds is 4. The molecule has 2 rings (SSSR count). The Kier molecular flexibility index (Phi) is 4.57. The quantitative estimate of drug-likeness (QED) is 0.923. The molecule has 2 aromatic rings. The summed E-state index contributed by atoms with van der Waals surface area (Å²) in [6, 6.07) is 6.78. The second kappa shape index (κ2) is 5.92. The first kappa shape index (κ1) is 16.2. The number of nitrogens with zero attached hydrogens (tertiary/aromatic N) is 2. The summed E-state index contributed by atoms with van der Waals surface area (Å²) < 4.78 is 26.8. The van der Waals surface area contributed by atoms with Crippen LogP contribution in [0.25, 0.3) is 0 Å². The van der Waals surface area contributed by atoms with Crippen molar-refractivity contribution in [2.24, 2.45) is 0 Å². The fraction of sp³-hybridized carbons (Fsp3) is 0.308. The lowest BCUT2D eigenvalue weighted by Crippen LogP contribution is -2.29. The number of thiazole rings is 1. The normalized spacial score (nSPS) is 13.6. The maximum Gasteiger partial charge on any atom is 0.254 e. The second-order valence-corrected chi connectivity index (χ2v) is 8.33. The summed E-state index contributed by atoms with van der Waals surface area (Å²) in [6.07, 6.45) is 0. The van der Waals surface area contributed by atoms with E-state index in [1.165, 1.54) is 4.31 Å². The van der Waals surface area contributed by atoms with Crippen molar-refractivity contribution in [2.75, 3.05) is 12.8 Å². The molecule has 1 aromatic heterocycles. The van der Waals surface area contributed by atoms with E-state index in [-0.39, 0.29) is 15.4 Å². The zero-order valence-electron chi connectivity index (χ0n) is 11.9. The average Bonchev–Trinajstić information content (AvgIpc) is 2.77. The highest BCUT2D eigenvalue weighted by atomic mass is 35.5. The first-order valence-electron chi connectivity index (χ1n) is 6.20. The Morgan fingerprint density at radius 3 is 2.38 bits per heavy atom. The van der Waals surface area contributed by atoms with Crippen LogP contribution in [0.4, 0.5) is 5.13 Å². The molecule has 2 N–H and O–H groups in total. The van der Waals surface area contributed by atoms with Crippen molar-refractivity contribution in [1.82, 2.24) is 9.29 Å². The predicted octanol–water partition coefficient (Wildman–Crippen LogP) is 3.07. The Morgan fingerprint density at radius 2 is 1.90 bits per heavy atom. The second-order valence-electron chi connectivity index (χ2n) is 4.67. The molecule has 0 radical (unpaired) electrons. The summed E-state index contributed by atoms with van der Waals surface area (Å²) in [7, 11) is -2.08. The Morgan fingerprint density at radius 1 is 1.33 bits per heavy atom. The lowest BCUT2D eigenvalue weighted by Gasteiger charge is -2.24. The lowest BCUT2D eigenvalue weighted by molar-refractivity contribution is 0.399. The van der Waals surface area contributed by atoms with Gasteiger partial charge in [0.2, 0.25) is 0 Å². The Labute approximate surface area is 133 Å². The van der Waals surface area contributed by atoms with Crippen LogP contribution in [-0.2, 0) is 10.0 Å². The molecule has 114 valence electrons. The molecule has 0 saturated carbocycles. The minimum Gasteiger partial charge on any atom is -0.375 e. The maximum absolute atomic E-state index is 12.7. The molecule has 0 aliphatic rings. The lowest BCUT2D eigenvalue weighted by atomic mass is 10.1. The molecule has 5 nitrogen and oxygen atoms in total. The van der Waals surface area contributed by atoms with Gasteiger partial charge < -0.3 is 5.73 Å². The van der Waals surface area contributed by atoms with Gasteiger partial charge in [-0.3, -0.25) is 0 Å². The highest BCUT2D eigenvalue weighted by Crippen LogP contribution is 2.32. The van der Waals surface area contributed by atoms with E-state index in [9.17, 15) is 8.42 Å². The van der Waals surface area contributed by atoms with Gasteiger partial charge in [0.25, 0.3) is 10.0 Å². The van der Waals surface area contributed by atoms with Crippen LogP contribution in [0, 0.1) is 6.92 Å². The zero-order valence-corrected chi connectivity index (χ0v) is 14.3. The van der Waals surface area contributed by atoms with Crippen LogP contribution in [0.15, 0.2) is 28.5 Å². The smallest absolute Gasteiger partial charge is 0.254 e. The van der Waals surface area contributed by atoms with E-state index < -0.39 is 10.0 Å². The molecule has 0 aliphatic heterocycles. The standard InChI is InChI=1S/C13H16ClN3O2S2/c1-8-12(20-13(15)16-8)21(18,19)17(3)9(2)10-4-6-11(14)7-5-10/h4-7,9H,1-3H3,(H2,15,16). The van der Waals surface area contributed by atoms with E-state index >= 15 is 0 Å². The van der Waals surface area contributed by atoms with Crippen LogP contribution in [0.1, 0.15) is 24.2 Å². The number of halogens is 1. The van der Waals surface area contributed by atoms with Crippen molar-refractivity contribution >= 4 is 38.1 Å². The molecule has 0 amide bonds. The van der Waals surface area contributed by atoms with E-state index in [0.717, 1.165) is 16.9 Å². The van der Waals surface area contributed by atoms with Crippen LogP contribution in [0.5, 0.6) is 0 Å². The number of hydrogen-bond donors (Lipinski definition) is 1. The zero-order chi connectivity index (χ0) is 15.8. The van der Waals surface area contributed by atoms with Crippen molar-refractivity contribution in [3.63, 3.8) is 0 Å². The number of aryl methyl sites for hydroxylation is 1. The number of benzene rings is 1. The van der Waals surface area contributed by atoms with Crippen LogP contribution in [0.3, 0.4) is 0 Å². The minimum atomic E-state index is -3.63. The largest absolute Gasteiger partial charge is 0.375 e. The summed E-state index contributed by atoms with van der Waals surface area (Å²) in [6.45, 7) is 3.46. The molecule has 1 unspecified atom stereocenters. The SMILES string of the molecule is Cc1nc(N)sc1S(=O)(=O)N(C)C(C)c1ccc(Cl)cc1. The minimum absolute atomic E-state index is 0.184. The summed E-state index contributed by atoms with van der Waals surface area (Å²) in [5, 5.41) is 0.862. The van der Waals surface area contributed by atoms with Crippen molar-refractivity contribution in [3.8, 4) is 0 Å². The van der Waals surface area contributed by atoms with E-state index in [2.05, 4.69) is 4.98 Å². The van der Waals surface area contributed by atoms with Gasteiger partial charge in [-0.1, -0.05) is 35.1 Å². The molecule has 0 fully saturated rings. The highest BCUT2D eigenvalue weighted by molar-refractivity contribution is 7.91. The van der Waals surface area contributed by atoms with Gasteiger partial charge in [-0.15, -0.1) is 0 Å². The molecular weight excluding hydrogens is 330 g/mol. The Hall–Kier alpha value is -1.15. The van der Waals surface area contributed by atoms with Gasteiger partial charge in [-0.25, -0.2) is 13.4 Å². The molecular formula is C13H16ClN3O2S2. The van der Waals surface area contributed by atoms with Gasteiger partial charge in [0.15, 0.2) is 9.34 Å². The van der Waals surface area contributed by atoms with E-state index in [0.29, 0.717) is 10.7 Å². The summed E-state index contributed by atoms with van der Waals surface area (Å²) in [4.78, 5) is 3.98. The van der Waals surface area contributed by atoms with Crippen molar-refractivity contribution in [2.45, 2.75) is 24.1 Å². The molecule has 21 heavy (non-hydrogen) atoms. The predicted molar refractivity (Wildman–Crippen MR) is 86.1 cm³/mol. The monoisotopic (exact) mass is 345 g/mol. The van der Waals surface area contributed by atoms with Crippen molar-refractivity contribution in [1.29, 1.82) is 0 Å². The van der Waals surface area contributed by atoms with Gasteiger partial charge >= 0.3 is 0 Å². The van der Waals surface area contributed by atoms with Crippen LogP contribution in [-0.4, -0.2) is 24.8 Å². The number of hydrogen-bond acceptors (Lipinski definition) is 5. The first-order valence-corrected chi connectivity index (χ1v) is 8.83. The van der Waals surface area contributed by atoms with Gasteiger partial charge in [-0.05, 0) is 31.5 Å². The maximum atomic E-state index is 12.7. The third-order valence-electron chi connectivity index (χ3n) is 3.28. The topological polar surface area (TPSA) is 76.3 Å². The Bertz CT molecular complexity index is 741. The average molecular weight is 346 g/mol. The van der Waals surface area contributed by atoms with Crippen molar-refractivity contribution < 1.29 is 8.42 Å². The number of nitrogens with two attached hydrogens (primary N) is 1. The molecule has 0 saturated heterocycles. The van der Waals surface area contributed by atoms with Crippen LogP contribution in [0.2, 0.25) is 5.02 Å². The van der Waals surface area contributed by atoms with E-state index in [1.54, 1.807) is 26.1 Å².